The summed E-state index contributed by atoms with van der Waals surface area (Å²) in [6.45, 7) is 4.00. The zero-order valence-corrected chi connectivity index (χ0v) is 7.97. The number of benzene rings is 1. The third-order valence-corrected chi connectivity index (χ3v) is 1.28. The molecular formula is C10H12FNO. The van der Waals surface area contributed by atoms with E-state index in [-0.39, 0.29) is 5.75 Å². The predicted octanol–water partition coefficient (Wildman–Crippen LogP) is 2.73. The highest BCUT2D eigenvalue weighted by atomic mass is 19.1. The lowest BCUT2D eigenvalue weighted by atomic mass is 10.2. The fraction of sp³-hybridized carbons (Fsp3) is 0.300. The molecule has 0 fully saturated rings. The zero-order valence-electron chi connectivity index (χ0n) is 7.97. The molecule has 0 saturated heterocycles. The molecule has 0 amide bonds. The van der Waals surface area contributed by atoms with Gasteiger partial charge in [-0.2, -0.15) is 5.26 Å². The SMILES string of the molecule is CC.COc1ccc(C#N)cc1F. The van der Waals surface area contributed by atoms with Crippen LogP contribution in [0.3, 0.4) is 0 Å². The molecule has 13 heavy (non-hydrogen) atoms. The molecule has 0 saturated carbocycles. The average Bonchev–Trinajstić information content (AvgIpc) is 2.20. The molecule has 0 aliphatic heterocycles. The summed E-state index contributed by atoms with van der Waals surface area (Å²) < 4.78 is 17.4. The van der Waals surface area contributed by atoms with E-state index in [4.69, 9.17) is 5.26 Å². The van der Waals surface area contributed by atoms with E-state index in [0.717, 1.165) is 6.07 Å². The van der Waals surface area contributed by atoms with Gasteiger partial charge in [-0.15, -0.1) is 0 Å². The minimum Gasteiger partial charge on any atom is -0.494 e. The minimum absolute atomic E-state index is 0.156. The number of rotatable bonds is 1. The molecule has 0 spiro atoms. The van der Waals surface area contributed by atoms with Crippen LogP contribution in [-0.4, -0.2) is 7.11 Å². The van der Waals surface area contributed by atoms with Crippen molar-refractivity contribution in [2.24, 2.45) is 0 Å². The van der Waals surface area contributed by atoms with Gasteiger partial charge in [0.25, 0.3) is 0 Å². The molecule has 3 heteroatoms. The van der Waals surface area contributed by atoms with E-state index >= 15 is 0 Å². The van der Waals surface area contributed by atoms with Crippen molar-refractivity contribution in [1.29, 1.82) is 5.26 Å². The summed E-state index contributed by atoms with van der Waals surface area (Å²) in [5.41, 5.74) is 0.295. The Morgan fingerprint density at radius 1 is 1.38 bits per heavy atom. The Hall–Kier alpha value is -1.56. The van der Waals surface area contributed by atoms with E-state index in [2.05, 4.69) is 4.74 Å². The first kappa shape index (κ1) is 11.4. The summed E-state index contributed by atoms with van der Waals surface area (Å²) >= 11 is 0. The summed E-state index contributed by atoms with van der Waals surface area (Å²) in [5, 5.41) is 8.37. The molecule has 0 aromatic heterocycles. The van der Waals surface area contributed by atoms with Gasteiger partial charge in [-0.25, -0.2) is 4.39 Å². The topological polar surface area (TPSA) is 33.0 Å². The molecule has 0 atom stereocenters. The van der Waals surface area contributed by atoms with Crippen LogP contribution in [0.1, 0.15) is 19.4 Å². The first-order chi connectivity index (χ1) is 6.27. The molecule has 0 aliphatic rings. The third-order valence-electron chi connectivity index (χ3n) is 1.28. The van der Waals surface area contributed by atoms with Gasteiger partial charge in [0.05, 0.1) is 18.7 Å². The number of hydrogen-bond acceptors (Lipinski definition) is 2. The van der Waals surface area contributed by atoms with Crippen molar-refractivity contribution in [2.45, 2.75) is 13.8 Å². The fourth-order valence-electron chi connectivity index (χ4n) is 0.736. The van der Waals surface area contributed by atoms with E-state index in [9.17, 15) is 4.39 Å². The van der Waals surface area contributed by atoms with Crippen molar-refractivity contribution in [3.05, 3.63) is 29.6 Å². The molecule has 1 rings (SSSR count). The normalized spacial score (nSPS) is 7.92. The van der Waals surface area contributed by atoms with Crippen LogP contribution in [0.15, 0.2) is 18.2 Å². The Labute approximate surface area is 77.6 Å². The molecule has 0 radical (unpaired) electrons. The van der Waals surface area contributed by atoms with Gasteiger partial charge >= 0.3 is 0 Å². The van der Waals surface area contributed by atoms with Crippen LogP contribution in [0.2, 0.25) is 0 Å². The zero-order chi connectivity index (χ0) is 10.3. The second kappa shape index (κ2) is 6.01. The molecule has 0 N–H and O–H groups in total. The molecule has 1 aromatic carbocycles. The van der Waals surface area contributed by atoms with Gasteiger partial charge in [0.1, 0.15) is 0 Å². The number of halogens is 1. The number of methoxy groups -OCH3 is 1. The molecule has 0 heterocycles. The summed E-state index contributed by atoms with van der Waals surface area (Å²) in [6, 6.07) is 5.89. The molecule has 70 valence electrons. The van der Waals surface area contributed by atoms with Crippen LogP contribution in [0.4, 0.5) is 4.39 Å². The van der Waals surface area contributed by atoms with Crippen LogP contribution in [-0.2, 0) is 0 Å². The average molecular weight is 181 g/mol. The Morgan fingerprint density at radius 3 is 2.38 bits per heavy atom. The predicted molar refractivity (Wildman–Crippen MR) is 49.0 cm³/mol. The Kier molecular flexibility index (Phi) is 5.29. The van der Waals surface area contributed by atoms with Gasteiger partial charge in [0.15, 0.2) is 11.6 Å². The first-order valence-electron chi connectivity index (χ1n) is 4.01. The highest BCUT2D eigenvalue weighted by Crippen LogP contribution is 2.16. The maximum absolute atomic E-state index is 12.8. The maximum atomic E-state index is 12.8. The third kappa shape index (κ3) is 3.12. The van der Waals surface area contributed by atoms with Gasteiger partial charge in [0.2, 0.25) is 0 Å². The Bertz CT molecular complexity index is 304. The van der Waals surface area contributed by atoms with E-state index in [1.807, 2.05) is 19.9 Å². The van der Waals surface area contributed by atoms with E-state index in [1.54, 1.807) is 0 Å². The van der Waals surface area contributed by atoms with Crippen molar-refractivity contribution in [3.8, 4) is 11.8 Å². The molecular weight excluding hydrogens is 169 g/mol. The van der Waals surface area contributed by atoms with Crippen molar-refractivity contribution < 1.29 is 9.13 Å². The second-order valence-corrected chi connectivity index (χ2v) is 1.96. The first-order valence-corrected chi connectivity index (χ1v) is 4.01. The summed E-state index contributed by atoms with van der Waals surface area (Å²) in [6.07, 6.45) is 0. The number of nitriles is 1. The summed E-state index contributed by atoms with van der Waals surface area (Å²) in [4.78, 5) is 0. The lowest BCUT2D eigenvalue weighted by Gasteiger charge is -1.99. The molecule has 0 bridgehead atoms. The van der Waals surface area contributed by atoms with Crippen molar-refractivity contribution >= 4 is 0 Å². The van der Waals surface area contributed by atoms with Gasteiger partial charge in [0, 0.05) is 0 Å². The molecule has 0 unspecified atom stereocenters. The van der Waals surface area contributed by atoms with Gasteiger partial charge in [-0.3, -0.25) is 0 Å². The van der Waals surface area contributed by atoms with Crippen LogP contribution >= 0.6 is 0 Å². The largest absolute Gasteiger partial charge is 0.494 e. The van der Waals surface area contributed by atoms with Gasteiger partial charge in [-0.05, 0) is 18.2 Å². The van der Waals surface area contributed by atoms with E-state index in [1.165, 1.54) is 19.2 Å². The van der Waals surface area contributed by atoms with E-state index < -0.39 is 5.82 Å². The quantitative estimate of drug-likeness (QED) is 0.667. The maximum Gasteiger partial charge on any atom is 0.166 e. The van der Waals surface area contributed by atoms with Crippen LogP contribution < -0.4 is 4.74 Å². The summed E-state index contributed by atoms with van der Waals surface area (Å²) in [7, 11) is 1.38. The Balaban J connectivity index is 0.000000671. The van der Waals surface area contributed by atoms with Crippen molar-refractivity contribution in [3.63, 3.8) is 0 Å². The van der Waals surface area contributed by atoms with Crippen molar-refractivity contribution in [1.82, 2.24) is 0 Å². The van der Waals surface area contributed by atoms with Crippen molar-refractivity contribution in [2.75, 3.05) is 7.11 Å². The van der Waals surface area contributed by atoms with Crippen LogP contribution in [0, 0.1) is 17.1 Å². The fourth-order valence-corrected chi connectivity index (χ4v) is 0.736. The highest BCUT2D eigenvalue weighted by molar-refractivity contribution is 5.35. The highest BCUT2D eigenvalue weighted by Gasteiger charge is 2.01. The second-order valence-electron chi connectivity index (χ2n) is 1.96. The molecule has 0 aliphatic carbocycles. The number of ether oxygens (including phenoxy) is 1. The van der Waals surface area contributed by atoms with Gasteiger partial charge < -0.3 is 4.74 Å². The number of nitrogens with zero attached hydrogens (tertiary/aromatic N) is 1. The lowest BCUT2D eigenvalue weighted by molar-refractivity contribution is 0.386. The molecule has 1 aromatic rings. The monoisotopic (exact) mass is 181 g/mol. The number of hydrogen-bond donors (Lipinski definition) is 0. The minimum atomic E-state index is -0.508. The van der Waals surface area contributed by atoms with Crippen LogP contribution in [0.25, 0.3) is 0 Å². The lowest BCUT2D eigenvalue weighted by Crippen LogP contribution is -1.87. The molecule has 2 nitrogen and oxygen atoms in total. The van der Waals surface area contributed by atoms with E-state index in [0.29, 0.717) is 5.56 Å². The Morgan fingerprint density at radius 2 is 2.00 bits per heavy atom. The summed E-state index contributed by atoms with van der Waals surface area (Å²) in [5.74, 6) is -0.351. The van der Waals surface area contributed by atoms with Gasteiger partial charge in [-0.1, -0.05) is 13.8 Å². The van der Waals surface area contributed by atoms with Crippen LogP contribution in [0.5, 0.6) is 5.75 Å². The smallest absolute Gasteiger partial charge is 0.166 e. The standard InChI is InChI=1S/C8H6FNO.C2H6/c1-11-8-3-2-6(5-10)4-7(8)9;1-2/h2-4H,1H3;1-2H3.